The molecule has 20 heavy (non-hydrogen) atoms. The smallest absolute Gasteiger partial charge is 0.448 e. The Kier molecular flexibility index (Phi) is 6.01. The Hall–Kier alpha value is -2.58. The maximum atomic E-state index is 11.1. The summed E-state index contributed by atoms with van der Waals surface area (Å²) in [4.78, 5) is 28.4. The first-order chi connectivity index (χ1) is 9.50. The molecule has 1 N–H and O–H groups in total. The second-order valence-corrected chi connectivity index (χ2v) is 3.47. The molecular formula is C12H12O8. The summed E-state index contributed by atoms with van der Waals surface area (Å²) in [7, 11) is 0. The number of ether oxygens (including phenoxy) is 1. The van der Waals surface area contributed by atoms with Crippen LogP contribution < -0.4 is 0 Å². The zero-order valence-electron chi connectivity index (χ0n) is 10.7. The Balaban J connectivity index is 2.46. The molecule has 0 heterocycles. The summed E-state index contributed by atoms with van der Waals surface area (Å²) in [6.07, 6.45) is -3.01. The molecule has 1 aromatic rings. The fraction of sp³-hybridized carbons (Fsp3) is 0.167. The summed E-state index contributed by atoms with van der Waals surface area (Å²) < 4.78 is 4.78. The molecular weight excluding hydrogens is 272 g/mol. The van der Waals surface area contributed by atoms with E-state index in [4.69, 9.17) is 9.84 Å². The van der Waals surface area contributed by atoms with Gasteiger partial charge in [0.25, 0.3) is 0 Å². The molecule has 8 nitrogen and oxygen atoms in total. The van der Waals surface area contributed by atoms with Crippen molar-refractivity contribution in [3.05, 3.63) is 41.7 Å². The third kappa shape index (κ3) is 5.38. The van der Waals surface area contributed by atoms with Crippen LogP contribution in [0.3, 0.4) is 0 Å². The van der Waals surface area contributed by atoms with Gasteiger partial charge >= 0.3 is 12.3 Å². The van der Waals surface area contributed by atoms with Gasteiger partial charge < -0.3 is 9.84 Å². The Morgan fingerprint density at radius 1 is 1.00 bits per heavy atom. The average Bonchev–Trinajstić information content (AvgIpc) is 2.43. The summed E-state index contributed by atoms with van der Waals surface area (Å²) in [5.41, 5.74) is 1.58. The van der Waals surface area contributed by atoms with Crippen LogP contribution in [-0.4, -0.2) is 17.4 Å². The maximum absolute atomic E-state index is 11.1. The molecule has 0 aliphatic heterocycles. The van der Waals surface area contributed by atoms with Crippen molar-refractivity contribution in [2.75, 3.05) is 0 Å². The molecule has 1 rings (SSSR count). The highest BCUT2D eigenvalue weighted by Gasteiger charge is 2.11. The van der Waals surface area contributed by atoms with E-state index < -0.39 is 12.3 Å². The first-order valence-corrected chi connectivity index (χ1v) is 5.36. The molecule has 0 aliphatic rings. The van der Waals surface area contributed by atoms with Crippen LogP contribution in [0.15, 0.2) is 36.1 Å². The van der Waals surface area contributed by atoms with Crippen molar-refractivity contribution < 1.29 is 39.3 Å². The van der Waals surface area contributed by atoms with Crippen LogP contribution in [0, 0.1) is 0 Å². The minimum atomic E-state index is -1.77. The molecule has 0 saturated heterocycles. The summed E-state index contributed by atoms with van der Waals surface area (Å²) in [5.74, 6) is 0.281. The zero-order chi connectivity index (χ0) is 15.0. The number of carbonyl (C=O) groups excluding carboxylic acids is 1. The van der Waals surface area contributed by atoms with Gasteiger partial charge in [-0.3, -0.25) is 0 Å². The van der Waals surface area contributed by atoms with Crippen LogP contribution in [0.5, 0.6) is 0 Å². The van der Waals surface area contributed by atoms with Gasteiger partial charge in [0, 0.05) is 10.1 Å². The minimum Gasteiger partial charge on any atom is -0.448 e. The topological polar surface area (TPSA) is 101 Å². The molecule has 0 fully saturated rings. The lowest BCUT2D eigenvalue weighted by Crippen LogP contribution is -2.10. The molecule has 8 heteroatoms. The molecule has 0 spiro atoms. The van der Waals surface area contributed by atoms with Gasteiger partial charge in [0.1, 0.15) is 5.76 Å². The molecule has 0 saturated carbocycles. The molecule has 0 aromatic heterocycles. The van der Waals surface area contributed by atoms with E-state index in [1.165, 1.54) is 0 Å². The van der Waals surface area contributed by atoms with Crippen molar-refractivity contribution >= 4 is 17.9 Å². The van der Waals surface area contributed by atoms with Gasteiger partial charge in [0.05, 0.1) is 0 Å². The molecule has 0 unspecified atom stereocenters. The predicted molar refractivity (Wildman–Crippen MR) is 63.6 cm³/mol. The summed E-state index contributed by atoms with van der Waals surface area (Å²) in [5, 5.41) is 15.3. The molecule has 108 valence electrons. The van der Waals surface area contributed by atoms with Gasteiger partial charge in [-0.2, -0.15) is 0 Å². The van der Waals surface area contributed by atoms with Gasteiger partial charge in [-0.1, -0.05) is 30.3 Å². The van der Waals surface area contributed by atoms with E-state index in [0.717, 1.165) is 5.56 Å². The Morgan fingerprint density at radius 3 is 2.20 bits per heavy atom. The lowest BCUT2D eigenvalue weighted by molar-refractivity contribution is -0.600. The molecule has 0 amide bonds. The van der Waals surface area contributed by atoms with E-state index >= 15 is 0 Å². The lowest BCUT2D eigenvalue weighted by atomic mass is 10.1. The number of hydrogen-bond acceptors (Lipinski definition) is 7. The van der Waals surface area contributed by atoms with E-state index in [1.807, 2.05) is 30.3 Å². The Morgan fingerprint density at radius 2 is 1.60 bits per heavy atom. The minimum absolute atomic E-state index is 0.281. The zero-order valence-corrected chi connectivity index (χ0v) is 10.7. The van der Waals surface area contributed by atoms with E-state index in [2.05, 4.69) is 19.9 Å². The van der Waals surface area contributed by atoms with E-state index in [9.17, 15) is 9.59 Å². The van der Waals surface area contributed by atoms with Crippen molar-refractivity contribution in [3.63, 3.8) is 0 Å². The number of allylic oxidation sites excluding steroid dienone is 2. The molecule has 0 bridgehead atoms. The van der Waals surface area contributed by atoms with Gasteiger partial charge in [-0.15, -0.1) is 0 Å². The Bertz CT molecular complexity index is 493. The molecule has 0 atom stereocenters. The summed E-state index contributed by atoms with van der Waals surface area (Å²) in [6.45, 7) is 3.31. The fourth-order valence-electron chi connectivity index (χ4n) is 1.19. The van der Waals surface area contributed by atoms with Crippen LogP contribution in [0.1, 0.15) is 19.4 Å². The lowest BCUT2D eigenvalue weighted by Gasteiger charge is -2.07. The standard InChI is InChI=1S/C12H12O8/c1-8(10-6-4-3-5-7-10)9(2)16-12(15)18-20-19-17-11(13)14/h3-7H,1-2H3,(H,13,14). The van der Waals surface area contributed by atoms with Crippen molar-refractivity contribution in [2.45, 2.75) is 13.8 Å². The van der Waals surface area contributed by atoms with E-state index in [0.29, 0.717) is 5.57 Å². The van der Waals surface area contributed by atoms with Crippen LogP contribution in [0.2, 0.25) is 0 Å². The molecule has 1 aromatic carbocycles. The quantitative estimate of drug-likeness (QED) is 0.289. The number of carbonyl (C=O) groups is 2. The first-order valence-electron chi connectivity index (χ1n) is 5.36. The maximum Gasteiger partial charge on any atom is 0.548 e. The number of carboxylic acid groups (broad SMARTS) is 1. The van der Waals surface area contributed by atoms with Crippen LogP contribution in [0.4, 0.5) is 9.59 Å². The fourth-order valence-corrected chi connectivity index (χ4v) is 1.19. The van der Waals surface area contributed by atoms with Gasteiger partial charge in [0.15, 0.2) is 0 Å². The van der Waals surface area contributed by atoms with Crippen LogP contribution >= 0.6 is 0 Å². The highest BCUT2D eigenvalue weighted by atomic mass is 17.7. The predicted octanol–water partition coefficient (Wildman–Crippen LogP) is 3.06. The third-order valence-electron chi connectivity index (χ3n) is 2.21. The average molecular weight is 284 g/mol. The van der Waals surface area contributed by atoms with E-state index in [-0.39, 0.29) is 5.76 Å². The SMILES string of the molecule is CC(OC(=O)OOOOC(=O)O)=C(C)c1ccccc1. The van der Waals surface area contributed by atoms with Crippen molar-refractivity contribution in [2.24, 2.45) is 0 Å². The summed E-state index contributed by atoms with van der Waals surface area (Å²) in [6, 6.07) is 9.21. The highest BCUT2D eigenvalue weighted by Crippen LogP contribution is 2.18. The van der Waals surface area contributed by atoms with Crippen molar-refractivity contribution in [1.82, 2.24) is 0 Å². The van der Waals surface area contributed by atoms with E-state index in [1.54, 1.807) is 13.8 Å². The normalized spacial score (nSPS) is 11.3. The van der Waals surface area contributed by atoms with Crippen LogP contribution in [0.25, 0.3) is 5.57 Å². The largest absolute Gasteiger partial charge is 0.548 e. The van der Waals surface area contributed by atoms with Gasteiger partial charge in [-0.25, -0.2) is 19.4 Å². The first kappa shape index (κ1) is 15.5. The molecule has 0 aliphatic carbocycles. The Labute approximate surface area is 113 Å². The third-order valence-corrected chi connectivity index (χ3v) is 2.21. The summed E-state index contributed by atoms with van der Waals surface area (Å²) >= 11 is 0. The van der Waals surface area contributed by atoms with Gasteiger partial charge in [-0.05, 0) is 25.0 Å². The van der Waals surface area contributed by atoms with Gasteiger partial charge in [0.2, 0.25) is 0 Å². The second kappa shape index (κ2) is 7.77. The number of hydrogen-bond donors (Lipinski definition) is 1. The van der Waals surface area contributed by atoms with Crippen molar-refractivity contribution in [3.8, 4) is 0 Å². The second-order valence-electron chi connectivity index (χ2n) is 3.47. The number of benzene rings is 1. The monoisotopic (exact) mass is 284 g/mol. The molecule has 0 radical (unpaired) electrons. The van der Waals surface area contributed by atoms with Crippen molar-refractivity contribution in [1.29, 1.82) is 0 Å². The number of rotatable bonds is 5. The van der Waals surface area contributed by atoms with Crippen LogP contribution in [-0.2, 0) is 24.6 Å². The highest BCUT2D eigenvalue weighted by molar-refractivity contribution is 5.69.